The summed E-state index contributed by atoms with van der Waals surface area (Å²) in [6.45, 7) is 4.91. The van der Waals surface area contributed by atoms with Gasteiger partial charge >= 0.3 is 11.9 Å². The van der Waals surface area contributed by atoms with Crippen molar-refractivity contribution < 1.29 is 24.2 Å². The second-order valence-corrected chi connectivity index (χ2v) is 16.5. The summed E-state index contributed by atoms with van der Waals surface area (Å²) < 4.78 is 5.92. The first-order valence-electron chi connectivity index (χ1n) is 24.2. The summed E-state index contributed by atoms with van der Waals surface area (Å²) in [5.41, 5.74) is 5.49. The molecule has 2 unspecified atom stereocenters. The molecule has 2 atom stereocenters. The molecule has 0 aromatic rings. The fourth-order valence-corrected chi connectivity index (χ4v) is 7.34. The average Bonchev–Trinajstić information content (AvgIpc) is 3.18. The minimum Gasteiger partial charge on any atom is -0.480 e. The number of unbranched alkanes of at least 4 members (excludes halogenated alkanes) is 28. The molecule has 328 valence electrons. The van der Waals surface area contributed by atoms with E-state index in [2.05, 4.69) is 43.5 Å². The Morgan fingerprint density at radius 3 is 1.46 bits per heavy atom. The number of amides is 1. The lowest BCUT2D eigenvalue weighted by Gasteiger charge is -2.15. The molecule has 56 heavy (non-hydrogen) atoms. The van der Waals surface area contributed by atoms with Crippen molar-refractivity contribution in [1.29, 1.82) is 0 Å². The maximum atomic E-state index is 12.8. The summed E-state index contributed by atoms with van der Waals surface area (Å²) in [7, 11) is 0. The Hall–Kier alpha value is -2.15. The van der Waals surface area contributed by atoms with Crippen molar-refractivity contribution in [2.75, 3.05) is 6.54 Å². The van der Waals surface area contributed by atoms with Crippen LogP contribution in [-0.2, 0) is 19.1 Å². The van der Waals surface area contributed by atoms with Crippen molar-refractivity contribution in [2.45, 2.75) is 264 Å². The third-order valence-corrected chi connectivity index (χ3v) is 11.0. The number of allylic oxidation sites excluding steroid dienone is 3. The highest BCUT2D eigenvalue weighted by atomic mass is 16.5. The first-order valence-corrected chi connectivity index (χ1v) is 24.2. The van der Waals surface area contributed by atoms with E-state index >= 15 is 0 Å². The second kappa shape index (κ2) is 44.0. The van der Waals surface area contributed by atoms with Crippen molar-refractivity contribution in [3.8, 4) is 0 Å². The molecular weight excluding hydrogens is 697 g/mol. The molecule has 0 aromatic carbocycles. The van der Waals surface area contributed by atoms with Gasteiger partial charge in [-0.2, -0.15) is 0 Å². The van der Waals surface area contributed by atoms with Crippen LogP contribution in [0.1, 0.15) is 251 Å². The Labute approximate surface area is 346 Å². The van der Waals surface area contributed by atoms with Crippen molar-refractivity contribution in [3.05, 3.63) is 24.3 Å². The first-order chi connectivity index (χ1) is 27.4. The molecule has 0 saturated heterocycles. The Morgan fingerprint density at radius 1 is 0.536 bits per heavy atom. The molecule has 0 aliphatic carbocycles. The number of esters is 1. The Balaban J connectivity index is 4.06. The third kappa shape index (κ3) is 40.1. The summed E-state index contributed by atoms with van der Waals surface area (Å²) in [6, 6.07) is -0.872. The molecule has 0 aliphatic rings. The van der Waals surface area contributed by atoms with Gasteiger partial charge in [-0.1, -0.05) is 199 Å². The van der Waals surface area contributed by atoms with Crippen LogP contribution >= 0.6 is 0 Å². The van der Waals surface area contributed by atoms with Crippen molar-refractivity contribution in [3.63, 3.8) is 0 Å². The van der Waals surface area contributed by atoms with Gasteiger partial charge in [-0.25, -0.2) is 4.79 Å². The normalized spacial score (nSPS) is 12.8. The lowest BCUT2D eigenvalue weighted by Crippen LogP contribution is -2.40. The number of aliphatic carboxylic acids is 1. The van der Waals surface area contributed by atoms with E-state index in [9.17, 15) is 19.5 Å². The monoisotopic (exact) mass is 789 g/mol. The van der Waals surface area contributed by atoms with E-state index in [4.69, 9.17) is 10.5 Å². The number of carboxylic acids is 1. The van der Waals surface area contributed by atoms with Crippen LogP contribution in [0.2, 0.25) is 0 Å². The highest BCUT2D eigenvalue weighted by Crippen LogP contribution is 2.17. The number of nitrogens with two attached hydrogens (primary N) is 1. The van der Waals surface area contributed by atoms with Crippen LogP contribution in [0.5, 0.6) is 0 Å². The predicted octanol–water partition coefficient (Wildman–Crippen LogP) is 14.0. The highest BCUT2D eigenvalue weighted by Gasteiger charge is 2.19. The predicted molar refractivity (Wildman–Crippen MR) is 239 cm³/mol. The molecule has 0 saturated carbocycles. The van der Waals surface area contributed by atoms with Crippen LogP contribution in [-0.4, -0.2) is 41.6 Å². The van der Waals surface area contributed by atoms with Crippen LogP contribution in [0.15, 0.2) is 24.3 Å². The zero-order valence-electron chi connectivity index (χ0n) is 37.0. The lowest BCUT2D eigenvalue weighted by atomic mass is 10.0. The Morgan fingerprint density at radius 2 is 0.982 bits per heavy atom. The quantitative estimate of drug-likeness (QED) is 0.0321. The number of carboxylic acid groups (broad SMARTS) is 1. The summed E-state index contributed by atoms with van der Waals surface area (Å²) in [5.74, 6) is -1.34. The molecule has 0 aromatic heterocycles. The van der Waals surface area contributed by atoms with Gasteiger partial charge in [0.05, 0.1) is 0 Å². The summed E-state index contributed by atoms with van der Waals surface area (Å²) in [6.07, 6.45) is 51.2. The van der Waals surface area contributed by atoms with Crippen LogP contribution < -0.4 is 11.1 Å². The summed E-state index contributed by atoms with van der Waals surface area (Å²) in [5, 5.41) is 11.9. The number of nitrogens with one attached hydrogen (secondary N) is 1. The number of hydrogen-bond acceptors (Lipinski definition) is 5. The molecule has 7 heteroatoms. The fourth-order valence-electron chi connectivity index (χ4n) is 7.34. The van der Waals surface area contributed by atoms with Gasteiger partial charge in [0.1, 0.15) is 12.1 Å². The van der Waals surface area contributed by atoms with Crippen molar-refractivity contribution in [2.24, 2.45) is 5.73 Å². The zero-order valence-corrected chi connectivity index (χ0v) is 37.0. The SMILES string of the molecule is CCCCC/C=C\C/C=C\C(CCCCCCC(=O)NC(CCCN)C(=O)O)OC(=O)CCCCCCCCCCCCCCCCCCCCCCCCC. The van der Waals surface area contributed by atoms with E-state index in [1.54, 1.807) is 0 Å². The number of hydrogen-bond donors (Lipinski definition) is 3. The molecular formula is C49H92N2O5. The highest BCUT2D eigenvalue weighted by molar-refractivity contribution is 5.83. The van der Waals surface area contributed by atoms with Crippen molar-refractivity contribution >= 4 is 17.8 Å². The largest absolute Gasteiger partial charge is 0.480 e. The van der Waals surface area contributed by atoms with Gasteiger partial charge in [0, 0.05) is 12.8 Å². The topological polar surface area (TPSA) is 119 Å². The molecule has 0 bridgehead atoms. The third-order valence-electron chi connectivity index (χ3n) is 11.0. The molecule has 0 heterocycles. The second-order valence-electron chi connectivity index (χ2n) is 16.5. The van der Waals surface area contributed by atoms with Gasteiger partial charge in [0.2, 0.25) is 5.91 Å². The van der Waals surface area contributed by atoms with Crippen LogP contribution in [0.25, 0.3) is 0 Å². The molecule has 0 aliphatic heterocycles. The molecule has 0 rings (SSSR count). The van der Waals surface area contributed by atoms with Gasteiger partial charge in [-0.15, -0.1) is 0 Å². The first kappa shape index (κ1) is 53.9. The van der Waals surface area contributed by atoms with E-state index in [-0.39, 0.29) is 18.0 Å². The van der Waals surface area contributed by atoms with E-state index in [0.29, 0.717) is 38.6 Å². The number of rotatable bonds is 44. The molecule has 0 radical (unpaired) electrons. The van der Waals surface area contributed by atoms with Gasteiger partial charge < -0.3 is 20.9 Å². The minimum absolute atomic E-state index is 0.0995. The molecule has 4 N–H and O–H groups in total. The molecule has 1 amide bonds. The smallest absolute Gasteiger partial charge is 0.326 e. The lowest BCUT2D eigenvalue weighted by molar-refractivity contribution is -0.147. The van der Waals surface area contributed by atoms with Crippen LogP contribution in [0.4, 0.5) is 0 Å². The number of carbonyl (C=O) groups excluding carboxylic acids is 2. The Bertz CT molecular complexity index is 935. The summed E-state index contributed by atoms with van der Waals surface area (Å²) in [4.78, 5) is 36.4. The molecule has 7 nitrogen and oxygen atoms in total. The van der Waals surface area contributed by atoms with Crippen LogP contribution in [0.3, 0.4) is 0 Å². The number of carbonyl (C=O) groups is 3. The van der Waals surface area contributed by atoms with Gasteiger partial charge in [-0.05, 0) is 70.4 Å². The average molecular weight is 789 g/mol. The molecule has 0 spiro atoms. The van der Waals surface area contributed by atoms with E-state index in [0.717, 1.165) is 51.4 Å². The number of ether oxygens (including phenoxy) is 1. The molecule has 0 fully saturated rings. The van der Waals surface area contributed by atoms with Crippen LogP contribution in [0, 0.1) is 0 Å². The van der Waals surface area contributed by atoms with Crippen molar-refractivity contribution in [1.82, 2.24) is 5.32 Å². The zero-order chi connectivity index (χ0) is 41.0. The van der Waals surface area contributed by atoms with Gasteiger partial charge in [0.25, 0.3) is 0 Å². The van der Waals surface area contributed by atoms with E-state index in [1.165, 1.54) is 154 Å². The van der Waals surface area contributed by atoms with E-state index < -0.39 is 12.0 Å². The van der Waals surface area contributed by atoms with E-state index in [1.807, 2.05) is 0 Å². The standard InChI is InChI=1S/C49H92N2O5/c1-3-5-7-9-11-13-14-15-16-17-18-19-20-21-22-23-24-25-26-27-29-31-37-43-48(53)56-45(39-34-30-28-12-10-8-6-4-2)40-35-32-33-36-42-47(52)51-46(49(54)55)41-38-44-50/h12,28,34,39,45-46H,3-11,13-27,29-33,35-38,40-44,50H2,1-2H3,(H,51,52)(H,54,55)/b28-12-,39-34-. The maximum Gasteiger partial charge on any atom is 0.326 e. The minimum atomic E-state index is -1.02. The maximum absolute atomic E-state index is 12.8. The Kier molecular flexibility index (Phi) is 42.3. The van der Waals surface area contributed by atoms with Gasteiger partial charge in [0.15, 0.2) is 0 Å². The fraction of sp³-hybridized carbons (Fsp3) is 0.857. The van der Waals surface area contributed by atoms with Gasteiger partial charge in [-0.3, -0.25) is 9.59 Å². The summed E-state index contributed by atoms with van der Waals surface area (Å²) >= 11 is 0.